The van der Waals surface area contributed by atoms with Gasteiger partial charge < -0.3 is 14.4 Å². The van der Waals surface area contributed by atoms with E-state index >= 15 is 0 Å². The van der Waals surface area contributed by atoms with Crippen LogP contribution in [0.5, 0.6) is 0 Å². The predicted molar refractivity (Wildman–Crippen MR) is 76.2 cm³/mol. The molecule has 2 aliphatic rings. The summed E-state index contributed by atoms with van der Waals surface area (Å²) in [6.07, 6.45) is 3.65. The lowest BCUT2D eigenvalue weighted by molar-refractivity contribution is -0.0256. The molecule has 0 aromatic carbocycles. The first kappa shape index (κ1) is 14.4. The van der Waals surface area contributed by atoms with Crippen molar-refractivity contribution in [3.8, 4) is 0 Å². The lowest BCUT2D eigenvalue weighted by atomic mass is 10.1. The van der Waals surface area contributed by atoms with Crippen LogP contribution in [0, 0.1) is 0 Å². The molecule has 1 aliphatic carbocycles. The first-order chi connectivity index (χ1) is 10.2. The molecule has 1 aromatic rings. The van der Waals surface area contributed by atoms with E-state index in [-0.39, 0.29) is 12.1 Å². The van der Waals surface area contributed by atoms with Gasteiger partial charge in [0.25, 0.3) is 0 Å². The zero-order chi connectivity index (χ0) is 14.8. The third-order valence-corrected chi connectivity index (χ3v) is 3.85. The molecule has 1 aromatic heterocycles. The fourth-order valence-corrected chi connectivity index (χ4v) is 2.53. The van der Waals surface area contributed by atoms with Gasteiger partial charge in [-0.1, -0.05) is 0 Å². The van der Waals surface area contributed by atoms with Crippen molar-refractivity contribution in [2.45, 2.75) is 31.8 Å². The number of nitrogens with zero attached hydrogens (tertiary/aromatic N) is 3. The van der Waals surface area contributed by atoms with Gasteiger partial charge in [-0.25, -0.2) is 14.8 Å². The quantitative estimate of drug-likeness (QED) is 0.784. The summed E-state index contributed by atoms with van der Waals surface area (Å²) in [5.74, 6) is 0.719. The average molecular weight is 291 g/mol. The maximum Gasteiger partial charge on any atom is 0.341 e. The fourth-order valence-electron chi connectivity index (χ4n) is 2.53. The van der Waals surface area contributed by atoms with Crippen molar-refractivity contribution in [1.82, 2.24) is 14.9 Å². The molecule has 6 heteroatoms. The summed E-state index contributed by atoms with van der Waals surface area (Å²) in [6.45, 7) is 4.55. The van der Waals surface area contributed by atoms with Crippen LogP contribution in [0.25, 0.3) is 0 Å². The second kappa shape index (κ2) is 6.07. The fraction of sp³-hybridized carbons (Fsp3) is 0.667. The number of likely N-dealkylation sites (N-methyl/N-ethyl adjacent to an activating group) is 1. The van der Waals surface area contributed by atoms with E-state index in [1.54, 1.807) is 13.1 Å². The average Bonchev–Trinajstić information content (AvgIpc) is 3.31. The number of carbonyl (C=O) groups is 1. The number of esters is 1. The summed E-state index contributed by atoms with van der Waals surface area (Å²) in [4.78, 5) is 23.2. The van der Waals surface area contributed by atoms with Crippen molar-refractivity contribution >= 4 is 5.97 Å². The van der Waals surface area contributed by atoms with Crippen molar-refractivity contribution in [2.24, 2.45) is 0 Å². The molecule has 0 radical (unpaired) electrons. The Kier molecular flexibility index (Phi) is 4.17. The molecule has 0 spiro atoms. The topological polar surface area (TPSA) is 64.5 Å². The van der Waals surface area contributed by atoms with Gasteiger partial charge in [-0.05, 0) is 26.8 Å². The first-order valence-corrected chi connectivity index (χ1v) is 7.53. The van der Waals surface area contributed by atoms with Crippen LogP contribution in [0.4, 0.5) is 0 Å². The molecule has 2 fully saturated rings. The molecular formula is C15H21N3O3. The molecule has 1 atom stereocenters. The van der Waals surface area contributed by atoms with Crippen molar-refractivity contribution in [3.63, 3.8) is 0 Å². The van der Waals surface area contributed by atoms with Gasteiger partial charge in [0.1, 0.15) is 6.10 Å². The van der Waals surface area contributed by atoms with Crippen molar-refractivity contribution < 1.29 is 14.3 Å². The van der Waals surface area contributed by atoms with Gasteiger partial charge in [-0.15, -0.1) is 0 Å². The second-order valence-corrected chi connectivity index (χ2v) is 5.64. The molecule has 2 heterocycles. The molecule has 114 valence electrons. The van der Waals surface area contributed by atoms with Crippen molar-refractivity contribution in [3.05, 3.63) is 23.3 Å². The van der Waals surface area contributed by atoms with Gasteiger partial charge in [-0.3, -0.25) is 0 Å². The Morgan fingerprint density at radius 2 is 2.33 bits per heavy atom. The number of ether oxygens (including phenoxy) is 2. The summed E-state index contributed by atoms with van der Waals surface area (Å²) in [5.41, 5.74) is 1.34. The Balaban J connectivity index is 1.86. The molecule has 1 aliphatic heterocycles. The minimum atomic E-state index is -0.326. The smallest absolute Gasteiger partial charge is 0.341 e. The SMILES string of the molecule is CCOC(=O)c1cnc(C2CN(C)CCO2)nc1C1CC1. The highest BCUT2D eigenvalue weighted by Crippen LogP contribution is 2.41. The van der Waals surface area contributed by atoms with E-state index < -0.39 is 0 Å². The molecular weight excluding hydrogens is 270 g/mol. The van der Waals surface area contributed by atoms with Gasteiger partial charge in [-0.2, -0.15) is 0 Å². The molecule has 21 heavy (non-hydrogen) atoms. The van der Waals surface area contributed by atoms with Crippen LogP contribution in [-0.4, -0.2) is 54.2 Å². The largest absolute Gasteiger partial charge is 0.462 e. The van der Waals surface area contributed by atoms with Crippen molar-refractivity contribution in [2.75, 3.05) is 33.4 Å². The molecule has 0 bridgehead atoms. The molecule has 1 unspecified atom stereocenters. The summed E-state index contributed by atoms with van der Waals surface area (Å²) >= 11 is 0. The number of hydrogen-bond donors (Lipinski definition) is 0. The summed E-state index contributed by atoms with van der Waals surface area (Å²) in [5, 5.41) is 0. The molecule has 1 saturated carbocycles. The van der Waals surface area contributed by atoms with Crippen LogP contribution in [0.2, 0.25) is 0 Å². The normalized spacial score (nSPS) is 23.0. The summed E-state index contributed by atoms with van der Waals surface area (Å²) < 4.78 is 10.8. The van der Waals surface area contributed by atoms with E-state index in [9.17, 15) is 4.79 Å². The van der Waals surface area contributed by atoms with Crippen LogP contribution in [0.3, 0.4) is 0 Å². The molecule has 0 amide bonds. The lowest BCUT2D eigenvalue weighted by Crippen LogP contribution is -2.36. The monoisotopic (exact) mass is 291 g/mol. The van der Waals surface area contributed by atoms with E-state index in [2.05, 4.69) is 21.9 Å². The van der Waals surface area contributed by atoms with E-state index in [0.717, 1.165) is 31.6 Å². The van der Waals surface area contributed by atoms with Crippen LogP contribution >= 0.6 is 0 Å². The van der Waals surface area contributed by atoms with E-state index in [1.807, 2.05) is 0 Å². The minimum Gasteiger partial charge on any atom is -0.462 e. The zero-order valence-corrected chi connectivity index (χ0v) is 12.5. The molecule has 1 saturated heterocycles. The highest BCUT2D eigenvalue weighted by atomic mass is 16.5. The number of aromatic nitrogens is 2. The van der Waals surface area contributed by atoms with Gasteiger partial charge in [0, 0.05) is 25.2 Å². The number of carbonyl (C=O) groups excluding carboxylic acids is 1. The van der Waals surface area contributed by atoms with Crippen LogP contribution < -0.4 is 0 Å². The predicted octanol–water partition coefficient (Wildman–Crippen LogP) is 1.53. The minimum absolute atomic E-state index is 0.113. The van der Waals surface area contributed by atoms with Crippen LogP contribution in [0.15, 0.2) is 6.20 Å². The third-order valence-electron chi connectivity index (χ3n) is 3.85. The Morgan fingerprint density at radius 1 is 1.52 bits per heavy atom. The number of morpholine rings is 1. The third kappa shape index (κ3) is 3.22. The maximum atomic E-state index is 12.0. The van der Waals surface area contributed by atoms with Gasteiger partial charge in [0.05, 0.1) is 24.5 Å². The van der Waals surface area contributed by atoms with Crippen molar-refractivity contribution in [1.29, 1.82) is 0 Å². The molecule has 0 N–H and O–H groups in total. The number of hydrogen-bond acceptors (Lipinski definition) is 6. The maximum absolute atomic E-state index is 12.0. The first-order valence-electron chi connectivity index (χ1n) is 7.53. The highest BCUT2D eigenvalue weighted by molar-refractivity contribution is 5.90. The van der Waals surface area contributed by atoms with E-state index in [1.165, 1.54) is 0 Å². The van der Waals surface area contributed by atoms with Crippen LogP contribution in [-0.2, 0) is 9.47 Å². The Labute approximate surface area is 124 Å². The lowest BCUT2D eigenvalue weighted by Gasteiger charge is -2.29. The Morgan fingerprint density at radius 3 is 3.00 bits per heavy atom. The molecule has 6 nitrogen and oxygen atoms in total. The Bertz CT molecular complexity index is 531. The van der Waals surface area contributed by atoms with Gasteiger partial charge in [0.2, 0.25) is 0 Å². The second-order valence-electron chi connectivity index (χ2n) is 5.64. The highest BCUT2D eigenvalue weighted by Gasteiger charge is 2.32. The Hall–Kier alpha value is -1.53. The van der Waals surface area contributed by atoms with E-state index in [0.29, 0.717) is 30.5 Å². The zero-order valence-electron chi connectivity index (χ0n) is 12.5. The molecule has 3 rings (SSSR count). The van der Waals surface area contributed by atoms with Crippen LogP contribution in [0.1, 0.15) is 53.7 Å². The van der Waals surface area contributed by atoms with Gasteiger partial charge >= 0.3 is 5.97 Å². The van der Waals surface area contributed by atoms with Gasteiger partial charge in [0.15, 0.2) is 5.82 Å². The summed E-state index contributed by atoms with van der Waals surface area (Å²) in [6, 6.07) is 0. The number of rotatable bonds is 4. The van der Waals surface area contributed by atoms with E-state index in [4.69, 9.17) is 9.47 Å². The summed E-state index contributed by atoms with van der Waals surface area (Å²) in [7, 11) is 2.06. The standard InChI is InChI=1S/C15H21N3O3/c1-3-20-15(19)11-8-16-14(17-13(11)10-4-5-10)12-9-18(2)6-7-21-12/h8,10,12H,3-7,9H2,1-2H3.